The Balaban J connectivity index is 2.29. The fraction of sp³-hybridized carbons (Fsp3) is 0.188. The van der Waals surface area contributed by atoms with Crippen molar-refractivity contribution in [3.05, 3.63) is 46.3 Å². The van der Waals surface area contributed by atoms with Crippen molar-refractivity contribution in [2.75, 3.05) is 5.73 Å². The van der Waals surface area contributed by atoms with Crippen LogP contribution in [0.3, 0.4) is 0 Å². The molecule has 2 aromatic heterocycles. The smallest absolute Gasteiger partial charge is 0.130 e. The Morgan fingerprint density at radius 1 is 1.29 bits per heavy atom. The van der Waals surface area contributed by atoms with Crippen LogP contribution in [0.15, 0.2) is 35.7 Å². The lowest BCUT2D eigenvalue weighted by molar-refractivity contribution is 0.782. The van der Waals surface area contributed by atoms with Crippen LogP contribution in [0, 0.1) is 0 Å². The maximum atomic E-state index is 6.36. The number of aryl methyl sites for hydroxylation is 2. The number of rotatable bonds is 3. The van der Waals surface area contributed by atoms with Crippen molar-refractivity contribution in [3.63, 3.8) is 0 Å². The SMILES string of the molecule is CCc1ccsc1-c1nn(C)c(N)c1-c1ccccc1Cl. The normalized spacial score (nSPS) is 11.0. The predicted molar refractivity (Wildman–Crippen MR) is 90.8 cm³/mol. The van der Waals surface area contributed by atoms with E-state index in [4.69, 9.17) is 17.3 Å². The van der Waals surface area contributed by atoms with E-state index in [2.05, 4.69) is 23.5 Å². The predicted octanol–water partition coefficient (Wildman–Crippen LogP) is 4.61. The van der Waals surface area contributed by atoms with Crippen LogP contribution in [0.25, 0.3) is 21.7 Å². The number of thiophene rings is 1. The minimum Gasteiger partial charge on any atom is -0.383 e. The molecule has 0 bridgehead atoms. The second-order valence-electron chi connectivity index (χ2n) is 4.84. The van der Waals surface area contributed by atoms with Gasteiger partial charge >= 0.3 is 0 Å². The highest BCUT2D eigenvalue weighted by Crippen LogP contribution is 2.42. The molecule has 5 heteroatoms. The van der Waals surface area contributed by atoms with Crippen molar-refractivity contribution in [2.45, 2.75) is 13.3 Å². The Labute approximate surface area is 133 Å². The number of nitrogen functional groups attached to an aromatic ring is 1. The first-order valence-corrected chi connectivity index (χ1v) is 8.03. The summed E-state index contributed by atoms with van der Waals surface area (Å²) in [5.74, 6) is 0.633. The van der Waals surface area contributed by atoms with Gasteiger partial charge in [0, 0.05) is 17.6 Å². The molecule has 3 rings (SSSR count). The summed E-state index contributed by atoms with van der Waals surface area (Å²) in [6.45, 7) is 2.15. The summed E-state index contributed by atoms with van der Waals surface area (Å²) in [4.78, 5) is 1.17. The number of aromatic nitrogens is 2. The molecule has 2 heterocycles. The van der Waals surface area contributed by atoms with Crippen LogP contribution in [0.2, 0.25) is 5.02 Å². The highest BCUT2D eigenvalue weighted by molar-refractivity contribution is 7.13. The standard InChI is InChI=1S/C16H16ClN3S/c1-3-10-8-9-21-15(10)14-13(16(18)20(2)19-14)11-6-4-5-7-12(11)17/h4-9H,3,18H2,1-2H3. The lowest BCUT2D eigenvalue weighted by Crippen LogP contribution is -1.98. The van der Waals surface area contributed by atoms with Gasteiger partial charge in [-0.05, 0) is 29.5 Å². The second-order valence-corrected chi connectivity index (χ2v) is 6.16. The van der Waals surface area contributed by atoms with E-state index < -0.39 is 0 Å². The van der Waals surface area contributed by atoms with Crippen molar-refractivity contribution < 1.29 is 0 Å². The lowest BCUT2D eigenvalue weighted by Gasteiger charge is -2.06. The van der Waals surface area contributed by atoms with Crippen LogP contribution < -0.4 is 5.73 Å². The van der Waals surface area contributed by atoms with E-state index in [0.717, 1.165) is 23.2 Å². The highest BCUT2D eigenvalue weighted by Gasteiger charge is 2.21. The van der Waals surface area contributed by atoms with Crippen molar-refractivity contribution in [2.24, 2.45) is 7.05 Å². The molecule has 0 atom stereocenters. The third-order valence-corrected chi connectivity index (χ3v) is 4.87. The molecule has 0 spiro atoms. The maximum absolute atomic E-state index is 6.36. The van der Waals surface area contributed by atoms with E-state index in [1.54, 1.807) is 16.0 Å². The Bertz CT molecular complexity index is 789. The summed E-state index contributed by atoms with van der Waals surface area (Å²) in [7, 11) is 1.86. The molecule has 0 saturated heterocycles. The van der Waals surface area contributed by atoms with Gasteiger partial charge in [-0.1, -0.05) is 36.7 Å². The fourth-order valence-electron chi connectivity index (χ4n) is 2.45. The van der Waals surface area contributed by atoms with Gasteiger partial charge in [0.15, 0.2) is 0 Å². The first-order chi connectivity index (χ1) is 10.1. The summed E-state index contributed by atoms with van der Waals surface area (Å²) in [6, 6.07) is 9.88. The molecule has 3 nitrogen and oxygen atoms in total. The third-order valence-electron chi connectivity index (χ3n) is 3.58. The molecule has 2 N–H and O–H groups in total. The van der Waals surface area contributed by atoms with Gasteiger partial charge in [-0.15, -0.1) is 11.3 Å². The van der Waals surface area contributed by atoms with E-state index in [1.807, 2.05) is 31.3 Å². The number of anilines is 1. The van der Waals surface area contributed by atoms with E-state index in [9.17, 15) is 0 Å². The first kappa shape index (κ1) is 14.2. The molecular weight excluding hydrogens is 302 g/mol. The fourth-order valence-corrected chi connectivity index (χ4v) is 3.66. The van der Waals surface area contributed by atoms with Crippen LogP contribution in [0.1, 0.15) is 12.5 Å². The topological polar surface area (TPSA) is 43.8 Å². The van der Waals surface area contributed by atoms with Crippen molar-refractivity contribution >= 4 is 28.8 Å². The zero-order valence-corrected chi connectivity index (χ0v) is 13.5. The molecule has 0 aliphatic heterocycles. The van der Waals surface area contributed by atoms with Gasteiger partial charge in [-0.2, -0.15) is 5.10 Å². The lowest BCUT2D eigenvalue weighted by atomic mass is 10.0. The Morgan fingerprint density at radius 2 is 2.05 bits per heavy atom. The van der Waals surface area contributed by atoms with Crippen molar-refractivity contribution in [1.29, 1.82) is 0 Å². The molecule has 21 heavy (non-hydrogen) atoms. The molecule has 1 aromatic carbocycles. The van der Waals surface area contributed by atoms with Gasteiger partial charge in [0.1, 0.15) is 11.5 Å². The Morgan fingerprint density at radius 3 is 2.76 bits per heavy atom. The summed E-state index contributed by atoms with van der Waals surface area (Å²) in [5.41, 5.74) is 10.3. The van der Waals surface area contributed by atoms with Crippen LogP contribution in [-0.4, -0.2) is 9.78 Å². The highest BCUT2D eigenvalue weighted by atomic mass is 35.5. The Kier molecular flexibility index (Phi) is 3.74. The number of hydrogen-bond acceptors (Lipinski definition) is 3. The average Bonchev–Trinajstić information content (AvgIpc) is 3.05. The summed E-state index contributed by atoms with van der Waals surface area (Å²) in [5, 5.41) is 7.40. The number of nitrogens with two attached hydrogens (primary N) is 1. The van der Waals surface area contributed by atoms with Gasteiger partial charge in [-0.25, -0.2) is 0 Å². The van der Waals surface area contributed by atoms with Crippen LogP contribution in [-0.2, 0) is 13.5 Å². The summed E-state index contributed by atoms with van der Waals surface area (Å²) >= 11 is 8.05. The van der Waals surface area contributed by atoms with E-state index in [-0.39, 0.29) is 0 Å². The van der Waals surface area contributed by atoms with Gasteiger partial charge < -0.3 is 5.73 Å². The minimum atomic E-state index is 0.633. The number of halogens is 1. The molecule has 0 unspecified atom stereocenters. The number of nitrogens with zero attached hydrogens (tertiary/aromatic N) is 2. The molecule has 0 radical (unpaired) electrons. The third kappa shape index (κ3) is 2.34. The molecule has 0 aliphatic carbocycles. The summed E-state index contributed by atoms with van der Waals surface area (Å²) < 4.78 is 1.72. The molecular formula is C16H16ClN3S. The van der Waals surface area contributed by atoms with E-state index >= 15 is 0 Å². The molecule has 108 valence electrons. The van der Waals surface area contributed by atoms with Gasteiger partial charge in [-0.3, -0.25) is 4.68 Å². The van der Waals surface area contributed by atoms with Crippen molar-refractivity contribution in [1.82, 2.24) is 9.78 Å². The zero-order valence-electron chi connectivity index (χ0n) is 11.9. The summed E-state index contributed by atoms with van der Waals surface area (Å²) in [6.07, 6.45) is 0.970. The molecule has 0 fully saturated rings. The second kappa shape index (κ2) is 5.54. The molecule has 0 amide bonds. The van der Waals surface area contributed by atoms with Crippen LogP contribution in [0.5, 0.6) is 0 Å². The molecule has 3 aromatic rings. The van der Waals surface area contributed by atoms with E-state index in [1.165, 1.54) is 10.4 Å². The first-order valence-electron chi connectivity index (χ1n) is 6.77. The largest absolute Gasteiger partial charge is 0.383 e. The monoisotopic (exact) mass is 317 g/mol. The van der Waals surface area contributed by atoms with Gasteiger partial charge in [0.05, 0.1) is 10.4 Å². The van der Waals surface area contributed by atoms with Gasteiger partial charge in [0.25, 0.3) is 0 Å². The minimum absolute atomic E-state index is 0.633. The quantitative estimate of drug-likeness (QED) is 0.766. The van der Waals surface area contributed by atoms with Crippen LogP contribution >= 0.6 is 22.9 Å². The zero-order chi connectivity index (χ0) is 15.0. The Hall–Kier alpha value is -1.78. The number of benzene rings is 1. The number of hydrogen-bond donors (Lipinski definition) is 1. The molecule has 0 aliphatic rings. The van der Waals surface area contributed by atoms with Crippen molar-refractivity contribution in [3.8, 4) is 21.7 Å². The molecule has 0 saturated carbocycles. The van der Waals surface area contributed by atoms with Gasteiger partial charge in [0.2, 0.25) is 0 Å². The van der Waals surface area contributed by atoms with E-state index in [0.29, 0.717) is 10.8 Å². The maximum Gasteiger partial charge on any atom is 0.130 e. The average molecular weight is 318 g/mol. The van der Waals surface area contributed by atoms with Crippen LogP contribution in [0.4, 0.5) is 5.82 Å².